The first-order valence-corrected chi connectivity index (χ1v) is 15.5. The second kappa shape index (κ2) is 9.18. The average Bonchev–Trinajstić information content (AvgIpc) is 2.92. The number of benzene rings is 1. The summed E-state index contributed by atoms with van der Waals surface area (Å²) in [4.78, 5) is 14.5. The molecule has 1 fully saturated rings. The van der Waals surface area contributed by atoms with Crippen molar-refractivity contribution in [3.8, 4) is 11.5 Å². The Morgan fingerprint density at radius 1 is 1.22 bits per heavy atom. The van der Waals surface area contributed by atoms with Gasteiger partial charge in [0.2, 0.25) is 0 Å². The lowest BCUT2D eigenvalue weighted by atomic mass is 10.1. The van der Waals surface area contributed by atoms with E-state index in [9.17, 15) is 13.2 Å². The monoisotopic (exact) mass is 481 g/mol. The third-order valence-corrected chi connectivity index (χ3v) is 6.79. The van der Waals surface area contributed by atoms with E-state index >= 15 is 0 Å². The SMILES string of the molecule is Cc1ccc(S(=O)(=O)O[C@H](C#C[Si](C)(C)C)[C@H]2COC(C)(C)N2C(=O)OC(C)(C)C)cc1. The minimum Gasteiger partial charge on any atom is -0.444 e. The summed E-state index contributed by atoms with van der Waals surface area (Å²) in [6.07, 6.45) is -1.72. The fourth-order valence-electron chi connectivity index (χ4n) is 3.09. The molecule has 0 aromatic heterocycles. The number of carbonyl (C=O) groups is 1. The molecule has 178 valence electrons. The molecule has 0 N–H and O–H groups in total. The Hall–Kier alpha value is -1.86. The van der Waals surface area contributed by atoms with Gasteiger partial charge in [0.25, 0.3) is 10.1 Å². The molecule has 0 unspecified atom stereocenters. The van der Waals surface area contributed by atoms with Crippen LogP contribution in [0.1, 0.15) is 40.2 Å². The molecule has 2 rings (SSSR count). The summed E-state index contributed by atoms with van der Waals surface area (Å²) in [5.41, 5.74) is 2.38. The first kappa shape index (κ1) is 26.4. The number of nitrogens with zero attached hydrogens (tertiary/aromatic N) is 1. The van der Waals surface area contributed by atoms with Gasteiger partial charge in [0.1, 0.15) is 25.4 Å². The number of ether oxygens (including phenoxy) is 2. The lowest BCUT2D eigenvalue weighted by Gasteiger charge is -2.36. The smallest absolute Gasteiger partial charge is 0.413 e. The molecule has 1 aliphatic heterocycles. The van der Waals surface area contributed by atoms with Crippen LogP contribution >= 0.6 is 0 Å². The topological polar surface area (TPSA) is 82.1 Å². The molecule has 32 heavy (non-hydrogen) atoms. The fourth-order valence-corrected chi connectivity index (χ4v) is 4.70. The molecule has 7 nitrogen and oxygen atoms in total. The lowest BCUT2D eigenvalue weighted by Crippen LogP contribution is -2.53. The maximum absolute atomic E-state index is 13.0. The first-order chi connectivity index (χ1) is 14.4. The van der Waals surface area contributed by atoms with Crippen molar-refractivity contribution in [1.82, 2.24) is 4.90 Å². The molecule has 1 heterocycles. The van der Waals surface area contributed by atoms with Gasteiger partial charge in [-0.1, -0.05) is 43.3 Å². The third-order valence-electron chi connectivity index (χ3n) is 4.59. The van der Waals surface area contributed by atoms with Crippen LogP contribution in [0.3, 0.4) is 0 Å². The zero-order chi connectivity index (χ0) is 24.5. The van der Waals surface area contributed by atoms with Gasteiger partial charge in [-0.25, -0.2) is 8.98 Å². The third kappa shape index (κ3) is 7.07. The highest BCUT2D eigenvalue weighted by Gasteiger charge is 2.50. The summed E-state index contributed by atoms with van der Waals surface area (Å²) in [6.45, 7) is 16.9. The summed E-state index contributed by atoms with van der Waals surface area (Å²) in [5, 5.41) is 0. The Balaban J connectivity index is 2.47. The van der Waals surface area contributed by atoms with Crippen LogP contribution in [0.15, 0.2) is 29.2 Å². The van der Waals surface area contributed by atoms with Crippen molar-refractivity contribution in [1.29, 1.82) is 0 Å². The van der Waals surface area contributed by atoms with Crippen molar-refractivity contribution in [3.05, 3.63) is 29.8 Å². The zero-order valence-electron chi connectivity index (χ0n) is 20.5. The van der Waals surface area contributed by atoms with E-state index in [-0.39, 0.29) is 11.5 Å². The molecule has 1 amide bonds. The number of rotatable bonds is 4. The van der Waals surface area contributed by atoms with Gasteiger partial charge in [0.15, 0.2) is 6.10 Å². The lowest BCUT2D eigenvalue weighted by molar-refractivity contribution is -0.0651. The molecule has 0 saturated carbocycles. The van der Waals surface area contributed by atoms with Gasteiger partial charge in [0.05, 0.1) is 11.5 Å². The molecule has 0 spiro atoms. The van der Waals surface area contributed by atoms with Gasteiger partial charge < -0.3 is 9.47 Å². The van der Waals surface area contributed by atoms with Crippen LogP contribution in [-0.4, -0.2) is 57.6 Å². The molecule has 0 bridgehead atoms. The van der Waals surface area contributed by atoms with Gasteiger partial charge in [0, 0.05) is 0 Å². The first-order valence-electron chi connectivity index (χ1n) is 10.6. The predicted molar refractivity (Wildman–Crippen MR) is 126 cm³/mol. The van der Waals surface area contributed by atoms with Gasteiger partial charge in [-0.2, -0.15) is 8.42 Å². The van der Waals surface area contributed by atoms with Crippen molar-refractivity contribution in [3.63, 3.8) is 0 Å². The molecule has 1 aliphatic rings. The molecule has 2 atom stereocenters. The van der Waals surface area contributed by atoms with E-state index in [4.69, 9.17) is 13.7 Å². The number of hydrogen-bond donors (Lipinski definition) is 0. The van der Waals surface area contributed by atoms with E-state index in [0.29, 0.717) is 0 Å². The highest BCUT2D eigenvalue weighted by Crippen LogP contribution is 2.32. The van der Waals surface area contributed by atoms with Crippen LogP contribution in [0.25, 0.3) is 0 Å². The molecule has 0 radical (unpaired) electrons. The van der Waals surface area contributed by atoms with Crippen molar-refractivity contribution < 1.29 is 26.9 Å². The molecule has 9 heteroatoms. The summed E-state index contributed by atoms with van der Waals surface area (Å²) in [7, 11) is -5.99. The molecule has 0 aliphatic carbocycles. The van der Waals surface area contributed by atoms with Crippen molar-refractivity contribution >= 4 is 24.3 Å². The fraction of sp³-hybridized carbons (Fsp3) is 0.609. The maximum Gasteiger partial charge on any atom is 0.413 e. The largest absolute Gasteiger partial charge is 0.444 e. The van der Waals surface area contributed by atoms with E-state index in [1.807, 2.05) is 26.6 Å². The van der Waals surface area contributed by atoms with Crippen LogP contribution in [0, 0.1) is 18.4 Å². The van der Waals surface area contributed by atoms with E-state index in [1.54, 1.807) is 46.8 Å². The zero-order valence-corrected chi connectivity index (χ0v) is 22.3. The second-order valence-corrected chi connectivity index (χ2v) is 16.8. The van der Waals surface area contributed by atoms with Crippen molar-refractivity contribution in [2.45, 2.75) is 89.6 Å². The highest BCUT2D eigenvalue weighted by molar-refractivity contribution is 7.86. The Morgan fingerprint density at radius 2 is 1.78 bits per heavy atom. The van der Waals surface area contributed by atoms with Crippen LogP contribution < -0.4 is 0 Å². The number of carbonyl (C=O) groups excluding carboxylic acids is 1. The minimum absolute atomic E-state index is 0.0323. The Morgan fingerprint density at radius 3 is 2.28 bits per heavy atom. The quantitative estimate of drug-likeness (QED) is 0.362. The van der Waals surface area contributed by atoms with Crippen LogP contribution in [-0.2, 0) is 23.8 Å². The Labute approximate surface area is 193 Å². The molecular weight excluding hydrogens is 446 g/mol. The van der Waals surface area contributed by atoms with Crippen LogP contribution in [0.4, 0.5) is 4.79 Å². The average molecular weight is 482 g/mol. The minimum atomic E-state index is -4.12. The van der Waals surface area contributed by atoms with Crippen molar-refractivity contribution in [2.24, 2.45) is 0 Å². The summed E-state index contributed by atoms with van der Waals surface area (Å²) >= 11 is 0. The molecule has 1 aromatic rings. The Kier molecular flexibility index (Phi) is 7.57. The molecule has 1 saturated heterocycles. The van der Waals surface area contributed by atoms with Crippen LogP contribution in [0.2, 0.25) is 19.6 Å². The van der Waals surface area contributed by atoms with E-state index < -0.39 is 47.8 Å². The summed E-state index contributed by atoms with van der Waals surface area (Å²) in [6, 6.07) is 5.63. The van der Waals surface area contributed by atoms with Crippen molar-refractivity contribution in [2.75, 3.05) is 6.61 Å². The molecule has 1 aromatic carbocycles. The van der Waals surface area contributed by atoms with E-state index in [2.05, 4.69) is 11.5 Å². The number of hydrogen-bond acceptors (Lipinski definition) is 6. The number of amides is 1. The summed E-state index contributed by atoms with van der Waals surface area (Å²) < 4.78 is 43.2. The van der Waals surface area contributed by atoms with E-state index in [0.717, 1.165) is 5.56 Å². The summed E-state index contributed by atoms with van der Waals surface area (Å²) in [5.74, 6) is 3.01. The van der Waals surface area contributed by atoms with Crippen LogP contribution in [0.5, 0.6) is 0 Å². The normalized spacial score (nSPS) is 19.8. The van der Waals surface area contributed by atoms with Gasteiger partial charge in [-0.05, 0) is 53.7 Å². The Bertz CT molecular complexity index is 994. The molecular formula is C23H35NO6SSi. The van der Waals surface area contributed by atoms with Gasteiger partial charge >= 0.3 is 6.09 Å². The predicted octanol–water partition coefficient (Wildman–Crippen LogP) is 4.32. The maximum atomic E-state index is 13.0. The standard InChI is InChI=1S/C23H35NO6SSi/c1-17-10-12-18(13-11-17)31(26,27)30-20(14-15-32(7,8)9)19-16-28-23(5,6)24(19)21(25)29-22(2,3)4/h10-13,19-20H,16H2,1-9H3/t19-,20-/m1/s1. The second-order valence-electron chi connectivity index (χ2n) is 10.5. The number of aryl methyl sites for hydroxylation is 1. The van der Waals surface area contributed by atoms with Gasteiger partial charge in [-0.15, -0.1) is 5.54 Å². The van der Waals surface area contributed by atoms with Gasteiger partial charge in [-0.3, -0.25) is 4.90 Å². The van der Waals surface area contributed by atoms with E-state index in [1.165, 1.54) is 17.0 Å². The highest BCUT2D eigenvalue weighted by atomic mass is 32.2.